The molecule has 120 valence electrons. The number of benzene rings is 2. The van der Waals surface area contributed by atoms with Crippen LogP contribution in [0, 0.1) is 6.92 Å². The molecule has 0 unspecified atom stereocenters. The number of hydrogen-bond acceptors (Lipinski definition) is 2. The van der Waals surface area contributed by atoms with Gasteiger partial charge in [0.1, 0.15) is 6.42 Å². The monoisotopic (exact) mass is 350 g/mol. The lowest BCUT2D eigenvalue weighted by atomic mass is 10.1. The Balaban J connectivity index is 1.85. The number of aryl methyl sites for hydroxylation is 1. The molecule has 0 atom stereocenters. The summed E-state index contributed by atoms with van der Waals surface area (Å²) in [5.41, 5.74) is 2.48. The molecule has 0 aliphatic rings. The number of hydrogen-bond donors (Lipinski definition) is 2. The first kappa shape index (κ1) is 17.3. The highest BCUT2D eigenvalue weighted by atomic mass is 35.5. The molecule has 0 fully saturated rings. The minimum atomic E-state index is -0.448. The van der Waals surface area contributed by atoms with Gasteiger partial charge in [-0.05, 0) is 24.6 Å². The van der Waals surface area contributed by atoms with Gasteiger partial charge in [-0.15, -0.1) is 0 Å². The van der Waals surface area contributed by atoms with Gasteiger partial charge in [-0.2, -0.15) is 0 Å². The van der Waals surface area contributed by atoms with Gasteiger partial charge in [0.2, 0.25) is 11.8 Å². The van der Waals surface area contributed by atoms with E-state index in [0.29, 0.717) is 17.3 Å². The summed E-state index contributed by atoms with van der Waals surface area (Å²) >= 11 is 11.9. The number of carbonyl (C=O) groups is 2. The molecule has 0 saturated heterocycles. The molecular formula is C17H16Cl2N2O2. The third-order valence-corrected chi connectivity index (χ3v) is 3.94. The van der Waals surface area contributed by atoms with Crippen molar-refractivity contribution < 1.29 is 9.59 Å². The van der Waals surface area contributed by atoms with Crippen LogP contribution in [0.5, 0.6) is 0 Å². The first-order valence-corrected chi connectivity index (χ1v) is 7.77. The van der Waals surface area contributed by atoms with Crippen molar-refractivity contribution in [1.82, 2.24) is 5.32 Å². The molecule has 2 aromatic rings. The normalized spacial score (nSPS) is 10.2. The fourth-order valence-corrected chi connectivity index (χ4v) is 2.37. The van der Waals surface area contributed by atoms with Crippen LogP contribution in [-0.2, 0) is 16.1 Å². The third-order valence-electron chi connectivity index (χ3n) is 3.12. The molecule has 0 radical (unpaired) electrons. The van der Waals surface area contributed by atoms with Crippen molar-refractivity contribution in [2.45, 2.75) is 19.9 Å². The van der Waals surface area contributed by atoms with E-state index in [4.69, 9.17) is 23.2 Å². The van der Waals surface area contributed by atoms with Gasteiger partial charge in [-0.1, -0.05) is 59.1 Å². The van der Waals surface area contributed by atoms with Gasteiger partial charge in [0.05, 0.1) is 15.7 Å². The largest absolute Gasteiger partial charge is 0.352 e. The van der Waals surface area contributed by atoms with Gasteiger partial charge in [-0.3, -0.25) is 9.59 Å². The van der Waals surface area contributed by atoms with Crippen LogP contribution in [0.25, 0.3) is 0 Å². The molecule has 0 saturated carbocycles. The number of carbonyl (C=O) groups excluding carboxylic acids is 2. The summed E-state index contributed by atoms with van der Waals surface area (Å²) in [6, 6.07) is 12.7. The molecule has 6 heteroatoms. The van der Waals surface area contributed by atoms with Crippen LogP contribution in [-0.4, -0.2) is 11.8 Å². The van der Waals surface area contributed by atoms with Crippen LogP contribution in [0.4, 0.5) is 5.69 Å². The van der Waals surface area contributed by atoms with Gasteiger partial charge in [0.15, 0.2) is 0 Å². The summed E-state index contributed by atoms with van der Waals surface area (Å²) in [6.07, 6.45) is -0.283. The quantitative estimate of drug-likeness (QED) is 0.802. The Bertz CT molecular complexity index is 732. The number of amides is 2. The zero-order valence-corrected chi connectivity index (χ0v) is 14.0. The fourth-order valence-electron chi connectivity index (χ4n) is 2.03. The summed E-state index contributed by atoms with van der Waals surface area (Å²) in [6.45, 7) is 2.36. The summed E-state index contributed by atoms with van der Waals surface area (Å²) in [5.74, 6) is -0.807. The number of nitrogens with one attached hydrogen (secondary N) is 2. The molecule has 2 aromatic carbocycles. The van der Waals surface area contributed by atoms with Crippen LogP contribution < -0.4 is 10.6 Å². The maximum Gasteiger partial charge on any atom is 0.233 e. The smallest absolute Gasteiger partial charge is 0.233 e. The van der Waals surface area contributed by atoms with Gasteiger partial charge < -0.3 is 10.6 Å². The Morgan fingerprint density at radius 1 is 1.04 bits per heavy atom. The molecule has 0 aliphatic heterocycles. The Kier molecular flexibility index (Phi) is 6.02. The van der Waals surface area contributed by atoms with E-state index in [0.717, 1.165) is 11.1 Å². The zero-order chi connectivity index (χ0) is 16.8. The van der Waals surface area contributed by atoms with E-state index >= 15 is 0 Å². The Labute approximate surface area is 144 Å². The van der Waals surface area contributed by atoms with Crippen molar-refractivity contribution in [1.29, 1.82) is 0 Å². The minimum absolute atomic E-state index is 0.252. The highest BCUT2D eigenvalue weighted by molar-refractivity contribution is 6.44. The second-order valence-corrected chi connectivity index (χ2v) is 5.88. The molecular weight excluding hydrogens is 335 g/mol. The van der Waals surface area contributed by atoms with E-state index in [1.165, 1.54) is 0 Å². The molecule has 0 heterocycles. The van der Waals surface area contributed by atoms with E-state index in [-0.39, 0.29) is 17.4 Å². The Hall–Kier alpha value is -2.04. The van der Waals surface area contributed by atoms with Crippen molar-refractivity contribution in [3.63, 3.8) is 0 Å². The van der Waals surface area contributed by atoms with Crippen LogP contribution in [0.1, 0.15) is 17.5 Å². The molecule has 2 N–H and O–H groups in total. The van der Waals surface area contributed by atoms with E-state index in [2.05, 4.69) is 10.6 Å². The molecule has 4 nitrogen and oxygen atoms in total. The van der Waals surface area contributed by atoms with Gasteiger partial charge in [0.25, 0.3) is 0 Å². The van der Waals surface area contributed by atoms with Crippen LogP contribution in [0.15, 0.2) is 42.5 Å². The zero-order valence-electron chi connectivity index (χ0n) is 12.5. The lowest BCUT2D eigenvalue weighted by Gasteiger charge is -2.09. The summed E-state index contributed by atoms with van der Waals surface area (Å²) < 4.78 is 0. The highest BCUT2D eigenvalue weighted by Gasteiger charge is 2.12. The van der Waals surface area contributed by atoms with E-state index < -0.39 is 5.91 Å². The van der Waals surface area contributed by atoms with Crippen molar-refractivity contribution >= 4 is 40.7 Å². The van der Waals surface area contributed by atoms with Crippen molar-refractivity contribution in [3.05, 3.63) is 63.6 Å². The van der Waals surface area contributed by atoms with Crippen molar-refractivity contribution in [3.8, 4) is 0 Å². The molecule has 2 amide bonds. The number of anilines is 1. The lowest BCUT2D eigenvalue weighted by Crippen LogP contribution is -2.27. The summed E-state index contributed by atoms with van der Waals surface area (Å²) in [4.78, 5) is 23.7. The standard InChI is InChI=1S/C17H16Cl2N2O2/c1-11-4-2-5-12(8-11)10-20-15(22)9-16(23)21-14-7-3-6-13(18)17(14)19/h2-8H,9-10H2,1H3,(H,20,22)(H,21,23). The first-order valence-electron chi connectivity index (χ1n) is 7.02. The van der Waals surface area contributed by atoms with Crippen LogP contribution >= 0.6 is 23.2 Å². The van der Waals surface area contributed by atoms with E-state index in [1.54, 1.807) is 18.2 Å². The topological polar surface area (TPSA) is 58.2 Å². The Morgan fingerprint density at radius 3 is 2.52 bits per heavy atom. The van der Waals surface area contributed by atoms with Gasteiger partial charge in [-0.25, -0.2) is 0 Å². The molecule has 23 heavy (non-hydrogen) atoms. The molecule has 0 bridgehead atoms. The first-order chi connectivity index (χ1) is 11.0. The minimum Gasteiger partial charge on any atom is -0.352 e. The maximum absolute atomic E-state index is 11.9. The molecule has 0 aromatic heterocycles. The number of rotatable bonds is 5. The van der Waals surface area contributed by atoms with Crippen molar-refractivity contribution in [2.24, 2.45) is 0 Å². The summed E-state index contributed by atoms with van der Waals surface area (Å²) in [7, 11) is 0. The van der Waals surface area contributed by atoms with Gasteiger partial charge >= 0.3 is 0 Å². The van der Waals surface area contributed by atoms with E-state index in [1.807, 2.05) is 31.2 Å². The molecule has 0 spiro atoms. The number of halogens is 2. The SMILES string of the molecule is Cc1cccc(CNC(=O)CC(=O)Nc2cccc(Cl)c2Cl)c1. The molecule has 0 aliphatic carbocycles. The predicted molar refractivity (Wildman–Crippen MR) is 92.7 cm³/mol. The van der Waals surface area contributed by atoms with Crippen molar-refractivity contribution in [2.75, 3.05) is 5.32 Å². The van der Waals surface area contributed by atoms with Crippen LogP contribution in [0.3, 0.4) is 0 Å². The maximum atomic E-state index is 11.9. The lowest BCUT2D eigenvalue weighted by molar-refractivity contribution is -0.126. The highest BCUT2D eigenvalue weighted by Crippen LogP contribution is 2.29. The van der Waals surface area contributed by atoms with Crippen LogP contribution in [0.2, 0.25) is 10.0 Å². The molecule has 2 rings (SSSR count). The second kappa shape index (κ2) is 7.99. The summed E-state index contributed by atoms with van der Waals surface area (Å²) in [5, 5.41) is 5.88. The average Bonchev–Trinajstić information content (AvgIpc) is 2.50. The average molecular weight is 351 g/mol. The fraction of sp³-hybridized carbons (Fsp3) is 0.176. The third kappa shape index (κ3) is 5.27. The van der Waals surface area contributed by atoms with E-state index in [9.17, 15) is 9.59 Å². The predicted octanol–water partition coefficient (Wildman–Crippen LogP) is 3.95. The Morgan fingerprint density at radius 2 is 1.78 bits per heavy atom. The second-order valence-electron chi connectivity index (χ2n) is 5.09. The van der Waals surface area contributed by atoms with Gasteiger partial charge in [0, 0.05) is 6.54 Å².